The number of benzene rings is 2. The third-order valence-electron chi connectivity index (χ3n) is 10.4. The van der Waals surface area contributed by atoms with E-state index in [0.717, 1.165) is 36.6 Å². The molecular formula is C32H39NO5S. The molecule has 3 fully saturated rings. The Morgan fingerprint density at radius 1 is 1.15 bits per heavy atom. The van der Waals surface area contributed by atoms with Crippen LogP contribution in [0.2, 0.25) is 0 Å². The minimum Gasteiger partial charge on any atom is -0.388 e. The average molecular weight is 550 g/mol. The molecule has 3 aromatic rings. The highest BCUT2D eigenvalue weighted by molar-refractivity contribution is 7.90. The van der Waals surface area contributed by atoms with Crippen LogP contribution in [0, 0.1) is 22.7 Å². The highest BCUT2D eigenvalue weighted by Crippen LogP contribution is 2.71. The van der Waals surface area contributed by atoms with Gasteiger partial charge in [-0.2, -0.15) is 0 Å². The SMILES string of the molecule is C=C1CC[C@@]2(C)[C@H](C)CC[C@@H]3O[C@@H](OCC)C[C@@]32[C@@H]1[C@@H](O)c1cn(S(=O)(=O)c2ccccc2)c2ccccc12. The molecule has 2 heterocycles. The van der Waals surface area contributed by atoms with Gasteiger partial charge in [0.05, 0.1) is 22.6 Å². The number of rotatable bonds is 6. The Balaban J connectivity index is 1.52. The molecule has 0 amide bonds. The number of aliphatic hydroxyl groups excluding tert-OH is 1. The quantitative estimate of drug-likeness (QED) is 0.358. The Bertz CT molecular complexity index is 1500. The van der Waals surface area contributed by atoms with Crippen molar-refractivity contribution >= 4 is 20.9 Å². The number of aliphatic hydroxyl groups is 1. The summed E-state index contributed by atoms with van der Waals surface area (Å²) < 4.78 is 41.5. The lowest BCUT2D eigenvalue weighted by Gasteiger charge is -2.63. The largest absolute Gasteiger partial charge is 0.388 e. The summed E-state index contributed by atoms with van der Waals surface area (Å²) in [5, 5.41) is 13.1. The van der Waals surface area contributed by atoms with Gasteiger partial charge in [0.1, 0.15) is 0 Å². The number of ether oxygens (including phenoxy) is 2. The van der Waals surface area contributed by atoms with Crippen molar-refractivity contribution in [1.29, 1.82) is 0 Å². The second-order valence-electron chi connectivity index (χ2n) is 11.9. The molecule has 208 valence electrons. The van der Waals surface area contributed by atoms with Crippen molar-refractivity contribution in [2.45, 2.75) is 76.3 Å². The van der Waals surface area contributed by atoms with Crippen LogP contribution in [0.25, 0.3) is 10.9 Å². The number of hydrogen-bond acceptors (Lipinski definition) is 5. The molecule has 0 bridgehead atoms. The molecule has 6 rings (SSSR count). The number of fused-ring (bicyclic) bond motifs is 1. The molecule has 1 saturated heterocycles. The number of nitrogens with zero attached hydrogens (tertiary/aromatic N) is 1. The fourth-order valence-corrected chi connectivity index (χ4v) is 9.65. The molecule has 2 saturated carbocycles. The molecule has 3 aliphatic rings. The van der Waals surface area contributed by atoms with Gasteiger partial charge < -0.3 is 14.6 Å². The topological polar surface area (TPSA) is 77.8 Å². The van der Waals surface area contributed by atoms with Gasteiger partial charge in [-0.05, 0) is 62.1 Å². The van der Waals surface area contributed by atoms with E-state index in [0.29, 0.717) is 30.0 Å². The van der Waals surface area contributed by atoms with Crippen LogP contribution in [0.3, 0.4) is 0 Å². The Morgan fingerprint density at radius 3 is 2.62 bits per heavy atom. The monoisotopic (exact) mass is 549 g/mol. The normalized spacial score (nSPS) is 33.6. The minimum atomic E-state index is -3.86. The maximum absolute atomic E-state index is 13.8. The van der Waals surface area contributed by atoms with Gasteiger partial charge in [-0.3, -0.25) is 0 Å². The number of hydrogen-bond donors (Lipinski definition) is 1. The van der Waals surface area contributed by atoms with Crippen LogP contribution in [0.15, 0.2) is 77.8 Å². The van der Waals surface area contributed by atoms with E-state index in [4.69, 9.17) is 9.47 Å². The molecule has 1 spiro atoms. The van der Waals surface area contributed by atoms with E-state index >= 15 is 0 Å². The van der Waals surface area contributed by atoms with Crippen molar-refractivity contribution in [3.8, 4) is 0 Å². The van der Waals surface area contributed by atoms with Crippen LogP contribution in [0.4, 0.5) is 0 Å². The van der Waals surface area contributed by atoms with Crippen molar-refractivity contribution in [3.05, 3.63) is 78.5 Å². The summed E-state index contributed by atoms with van der Waals surface area (Å²) in [6.45, 7) is 11.8. The van der Waals surface area contributed by atoms with Gasteiger partial charge >= 0.3 is 0 Å². The van der Waals surface area contributed by atoms with E-state index in [9.17, 15) is 13.5 Å². The molecule has 0 unspecified atom stereocenters. The minimum absolute atomic E-state index is 0.0478. The van der Waals surface area contributed by atoms with Gasteiger partial charge in [-0.25, -0.2) is 12.4 Å². The zero-order valence-electron chi connectivity index (χ0n) is 23.0. The predicted molar refractivity (Wildman–Crippen MR) is 152 cm³/mol. The zero-order chi connectivity index (χ0) is 27.6. The van der Waals surface area contributed by atoms with Gasteiger partial charge in [0.15, 0.2) is 6.29 Å². The van der Waals surface area contributed by atoms with Crippen molar-refractivity contribution in [1.82, 2.24) is 3.97 Å². The number of para-hydroxylation sites is 1. The Labute approximate surface area is 231 Å². The molecule has 39 heavy (non-hydrogen) atoms. The summed E-state index contributed by atoms with van der Waals surface area (Å²) in [5.41, 5.74) is 1.76. The zero-order valence-corrected chi connectivity index (χ0v) is 23.9. The first-order valence-corrected chi connectivity index (χ1v) is 15.6. The summed E-state index contributed by atoms with van der Waals surface area (Å²) in [4.78, 5) is 0.213. The van der Waals surface area contributed by atoms with Gasteiger partial charge in [0.2, 0.25) is 0 Å². The Morgan fingerprint density at radius 2 is 1.87 bits per heavy atom. The molecule has 0 radical (unpaired) electrons. The molecule has 2 aromatic carbocycles. The van der Waals surface area contributed by atoms with E-state index in [1.807, 2.05) is 25.1 Å². The Hall–Kier alpha value is -2.45. The molecule has 1 N–H and O–H groups in total. The predicted octanol–water partition coefficient (Wildman–Crippen LogP) is 6.45. The lowest BCUT2D eigenvalue weighted by molar-refractivity contribution is -0.180. The first kappa shape index (κ1) is 26.8. The van der Waals surface area contributed by atoms with Crippen molar-refractivity contribution in [2.24, 2.45) is 22.7 Å². The molecule has 6 nitrogen and oxygen atoms in total. The van der Waals surface area contributed by atoms with E-state index in [-0.39, 0.29) is 34.0 Å². The molecule has 7 heteroatoms. The van der Waals surface area contributed by atoms with Crippen LogP contribution >= 0.6 is 0 Å². The summed E-state index contributed by atoms with van der Waals surface area (Å²) in [6.07, 6.45) is 4.85. The lowest BCUT2D eigenvalue weighted by atomic mass is 9.41. The van der Waals surface area contributed by atoms with Gasteiger partial charge in [0.25, 0.3) is 10.0 Å². The smallest absolute Gasteiger partial charge is 0.268 e. The molecule has 1 aromatic heterocycles. The van der Waals surface area contributed by atoms with Crippen molar-refractivity contribution in [3.63, 3.8) is 0 Å². The Kier molecular flexibility index (Phi) is 6.57. The number of aromatic nitrogens is 1. The van der Waals surface area contributed by atoms with E-state index in [1.54, 1.807) is 42.6 Å². The third kappa shape index (κ3) is 3.80. The highest BCUT2D eigenvalue weighted by atomic mass is 32.2. The third-order valence-corrected chi connectivity index (χ3v) is 12.1. The van der Waals surface area contributed by atoms with E-state index in [2.05, 4.69) is 20.4 Å². The summed E-state index contributed by atoms with van der Waals surface area (Å²) in [7, 11) is -3.86. The average Bonchev–Trinajstić information content (AvgIpc) is 3.50. The maximum Gasteiger partial charge on any atom is 0.268 e. The molecular weight excluding hydrogens is 510 g/mol. The van der Waals surface area contributed by atoms with E-state index in [1.165, 1.54) is 3.97 Å². The fourth-order valence-electron chi connectivity index (χ4n) is 8.25. The highest BCUT2D eigenvalue weighted by Gasteiger charge is 2.68. The van der Waals surface area contributed by atoms with Crippen LogP contribution in [0.5, 0.6) is 0 Å². The molecule has 2 aliphatic carbocycles. The summed E-state index contributed by atoms with van der Waals surface area (Å²) >= 11 is 0. The standard InChI is InChI=1S/C32H39NO5S/c1-5-37-28-19-32-27(38-28)16-15-22(3)31(32,4)18-17-21(2)29(32)30(34)25-20-33(26-14-10-9-13-24(25)26)39(35,36)23-11-7-6-8-12-23/h6-14,20,22,27-30,34H,2,5,15-19H2,1,3-4H3/t22-,27+,28-,29+,30+,31+,32+/m1/s1. The van der Waals surface area contributed by atoms with Crippen LogP contribution in [0.1, 0.15) is 64.5 Å². The van der Waals surface area contributed by atoms with Gasteiger partial charge in [-0.15, -0.1) is 0 Å². The van der Waals surface area contributed by atoms with Crippen molar-refractivity contribution < 1.29 is 23.0 Å². The molecule has 7 atom stereocenters. The summed E-state index contributed by atoms with van der Waals surface area (Å²) in [5.74, 6) is 0.175. The first-order valence-electron chi connectivity index (χ1n) is 14.2. The van der Waals surface area contributed by atoms with Crippen LogP contribution in [-0.4, -0.2) is 36.5 Å². The maximum atomic E-state index is 13.8. The lowest BCUT2D eigenvalue weighted by Crippen LogP contribution is -2.60. The van der Waals surface area contributed by atoms with Gasteiger partial charge in [0, 0.05) is 41.5 Å². The first-order chi connectivity index (χ1) is 18.6. The van der Waals surface area contributed by atoms with Crippen LogP contribution < -0.4 is 0 Å². The van der Waals surface area contributed by atoms with Gasteiger partial charge in [-0.1, -0.05) is 62.4 Å². The van der Waals surface area contributed by atoms with Crippen LogP contribution in [-0.2, 0) is 19.5 Å². The fraction of sp³-hybridized carbons (Fsp3) is 0.500. The second-order valence-corrected chi connectivity index (χ2v) is 13.8. The molecule has 1 aliphatic heterocycles. The summed E-state index contributed by atoms with van der Waals surface area (Å²) in [6, 6.07) is 15.9. The van der Waals surface area contributed by atoms with E-state index < -0.39 is 16.1 Å². The second kappa shape index (κ2) is 9.58. The van der Waals surface area contributed by atoms with Crippen molar-refractivity contribution in [2.75, 3.05) is 6.61 Å².